The van der Waals surface area contributed by atoms with Crippen molar-refractivity contribution in [2.24, 2.45) is 0 Å². The van der Waals surface area contributed by atoms with Gasteiger partial charge in [0.15, 0.2) is 0 Å². The minimum absolute atomic E-state index is 0.0814. The summed E-state index contributed by atoms with van der Waals surface area (Å²) in [4.78, 5) is 26.9. The van der Waals surface area contributed by atoms with Gasteiger partial charge in [0.2, 0.25) is 0 Å². The van der Waals surface area contributed by atoms with E-state index in [1.54, 1.807) is 16.9 Å². The second-order valence-corrected chi connectivity index (χ2v) is 5.73. The molecule has 1 aliphatic carbocycles. The molecule has 0 aromatic heterocycles. The van der Waals surface area contributed by atoms with E-state index in [1.807, 2.05) is 6.08 Å². The lowest BCUT2D eigenvalue weighted by Crippen LogP contribution is -2.50. The van der Waals surface area contributed by atoms with Gasteiger partial charge in [0.1, 0.15) is 6.54 Å². The van der Waals surface area contributed by atoms with E-state index in [4.69, 9.17) is 9.84 Å². The maximum Gasteiger partial charge on any atom is 0.323 e. The molecule has 6 heteroatoms. The Morgan fingerprint density at radius 3 is 2.67 bits per heavy atom. The summed E-state index contributed by atoms with van der Waals surface area (Å²) in [5, 5.41) is 9.06. The number of nitrogens with zero attached hydrogens (tertiary/aromatic N) is 2. The molecule has 0 spiro atoms. The fourth-order valence-electron chi connectivity index (χ4n) is 3.10. The molecule has 0 aromatic rings. The van der Waals surface area contributed by atoms with Gasteiger partial charge in [-0.2, -0.15) is 0 Å². The van der Waals surface area contributed by atoms with Crippen molar-refractivity contribution in [1.29, 1.82) is 0 Å². The first-order valence-corrected chi connectivity index (χ1v) is 7.56. The Labute approximate surface area is 125 Å². The number of carbonyl (C=O) groups is 2. The molecule has 0 unspecified atom stereocenters. The maximum atomic E-state index is 12.6. The van der Waals surface area contributed by atoms with Crippen LogP contribution in [0.15, 0.2) is 11.6 Å². The fraction of sp³-hybridized carbons (Fsp3) is 0.733. The monoisotopic (exact) mass is 296 g/mol. The van der Waals surface area contributed by atoms with Crippen LogP contribution in [0.3, 0.4) is 0 Å². The molecular weight excluding hydrogens is 272 g/mol. The normalized spacial score (nSPS) is 19.5. The van der Waals surface area contributed by atoms with Crippen LogP contribution in [-0.4, -0.2) is 66.3 Å². The number of ether oxygens (including phenoxy) is 1. The Morgan fingerprint density at radius 2 is 2.14 bits per heavy atom. The van der Waals surface area contributed by atoms with E-state index in [0.29, 0.717) is 19.7 Å². The van der Waals surface area contributed by atoms with Gasteiger partial charge < -0.3 is 19.6 Å². The number of carboxylic acid groups (broad SMARTS) is 1. The van der Waals surface area contributed by atoms with Crippen LogP contribution in [-0.2, 0) is 9.53 Å². The molecule has 0 bridgehead atoms. The van der Waals surface area contributed by atoms with E-state index in [2.05, 4.69) is 0 Å². The zero-order valence-corrected chi connectivity index (χ0v) is 12.6. The molecular formula is C15H24N2O4. The summed E-state index contributed by atoms with van der Waals surface area (Å²) in [6, 6.07) is -0.0602. The molecule has 118 valence electrons. The molecule has 1 aliphatic heterocycles. The number of carboxylic acids is 1. The highest BCUT2D eigenvalue weighted by atomic mass is 16.5. The average Bonchev–Trinajstić information content (AvgIpc) is 2.99. The average molecular weight is 296 g/mol. The van der Waals surface area contributed by atoms with Crippen molar-refractivity contribution in [2.45, 2.75) is 38.1 Å². The van der Waals surface area contributed by atoms with Crippen LogP contribution in [0.1, 0.15) is 32.1 Å². The molecule has 21 heavy (non-hydrogen) atoms. The number of hydrogen-bond acceptors (Lipinski definition) is 3. The van der Waals surface area contributed by atoms with Gasteiger partial charge >= 0.3 is 12.0 Å². The third-order valence-corrected chi connectivity index (χ3v) is 4.22. The smallest absolute Gasteiger partial charge is 0.323 e. The topological polar surface area (TPSA) is 70.1 Å². The van der Waals surface area contributed by atoms with Crippen molar-refractivity contribution in [2.75, 3.05) is 33.4 Å². The summed E-state index contributed by atoms with van der Waals surface area (Å²) in [6.07, 6.45) is 6.79. The van der Waals surface area contributed by atoms with Gasteiger partial charge in [0.25, 0.3) is 0 Å². The number of methoxy groups -OCH3 is 1. The van der Waals surface area contributed by atoms with Crippen molar-refractivity contribution >= 4 is 12.0 Å². The molecule has 2 aliphatic rings. The lowest BCUT2D eigenvalue weighted by molar-refractivity contribution is -0.138. The largest absolute Gasteiger partial charge is 0.480 e. The zero-order valence-electron chi connectivity index (χ0n) is 12.6. The summed E-state index contributed by atoms with van der Waals surface area (Å²) in [5.41, 5.74) is 1.20. The molecule has 2 rings (SSSR count). The van der Waals surface area contributed by atoms with Gasteiger partial charge in [-0.1, -0.05) is 18.9 Å². The van der Waals surface area contributed by atoms with Gasteiger partial charge in [-0.25, -0.2) is 4.79 Å². The first-order valence-electron chi connectivity index (χ1n) is 7.56. The number of urea groups is 1. The molecule has 1 N–H and O–H groups in total. The summed E-state index contributed by atoms with van der Waals surface area (Å²) in [6.45, 7) is 1.58. The third kappa shape index (κ3) is 4.20. The number of aliphatic carboxylic acids is 1. The molecule has 6 nitrogen and oxygen atoms in total. The Morgan fingerprint density at radius 1 is 1.43 bits per heavy atom. The molecule has 2 amide bonds. The second-order valence-electron chi connectivity index (χ2n) is 5.73. The van der Waals surface area contributed by atoms with Crippen LogP contribution >= 0.6 is 0 Å². The molecule has 0 saturated heterocycles. The maximum absolute atomic E-state index is 12.6. The molecule has 1 saturated carbocycles. The molecule has 1 heterocycles. The Hall–Kier alpha value is -1.56. The molecule has 1 fully saturated rings. The van der Waals surface area contributed by atoms with Crippen molar-refractivity contribution in [3.8, 4) is 0 Å². The highest BCUT2D eigenvalue weighted by Crippen LogP contribution is 2.25. The number of rotatable bonds is 5. The number of amides is 2. The first-order chi connectivity index (χ1) is 10.1. The molecule has 0 radical (unpaired) electrons. The minimum Gasteiger partial charge on any atom is -0.480 e. The highest BCUT2D eigenvalue weighted by Gasteiger charge is 2.31. The van der Waals surface area contributed by atoms with Gasteiger partial charge in [-0.15, -0.1) is 0 Å². The van der Waals surface area contributed by atoms with E-state index >= 15 is 0 Å². The fourth-order valence-corrected chi connectivity index (χ4v) is 3.10. The number of carbonyl (C=O) groups excluding carboxylic acids is 1. The van der Waals surface area contributed by atoms with Crippen molar-refractivity contribution in [3.63, 3.8) is 0 Å². The van der Waals surface area contributed by atoms with E-state index in [1.165, 1.54) is 5.57 Å². The quantitative estimate of drug-likeness (QED) is 0.784. The van der Waals surface area contributed by atoms with Crippen LogP contribution in [0.4, 0.5) is 4.79 Å². The minimum atomic E-state index is -0.942. The SMILES string of the molecule is COCC1=CCN(C(=O)N(CC(=O)O)C2CCCC2)CC1. The Kier molecular flexibility index (Phi) is 5.61. The van der Waals surface area contributed by atoms with Crippen LogP contribution in [0, 0.1) is 0 Å². The lowest BCUT2D eigenvalue weighted by atomic mass is 10.1. The molecule has 0 atom stereocenters. The van der Waals surface area contributed by atoms with E-state index in [9.17, 15) is 9.59 Å². The van der Waals surface area contributed by atoms with Crippen LogP contribution in [0.25, 0.3) is 0 Å². The predicted octanol–water partition coefficient (Wildman–Crippen LogP) is 1.71. The van der Waals surface area contributed by atoms with Crippen molar-refractivity contribution < 1.29 is 19.4 Å². The van der Waals surface area contributed by atoms with Gasteiger partial charge in [-0.3, -0.25) is 4.79 Å². The Balaban J connectivity index is 1.99. The highest BCUT2D eigenvalue weighted by molar-refractivity contribution is 5.80. The number of hydrogen-bond donors (Lipinski definition) is 1. The van der Waals surface area contributed by atoms with Crippen LogP contribution < -0.4 is 0 Å². The third-order valence-electron chi connectivity index (χ3n) is 4.22. The zero-order chi connectivity index (χ0) is 15.2. The molecule has 0 aromatic carbocycles. The summed E-state index contributed by atoms with van der Waals surface area (Å²) in [7, 11) is 1.66. The lowest BCUT2D eigenvalue weighted by Gasteiger charge is -2.35. The van der Waals surface area contributed by atoms with Crippen molar-refractivity contribution in [1.82, 2.24) is 9.80 Å². The first kappa shape index (κ1) is 15.8. The Bertz CT molecular complexity index is 416. The predicted molar refractivity (Wildman–Crippen MR) is 78.1 cm³/mol. The van der Waals surface area contributed by atoms with Crippen LogP contribution in [0.5, 0.6) is 0 Å². The standard InChI is InChI=1S/C15H24N2O4/c1-21-11-12-6-8-16(9-7-12)15(20)17(10-14(18)19)13-4-2-3-5-13/h6,13H,2-5,7-11H2,1H3,(H,18,19). The van der Waals surface area contributed by atoms with Crippen LogP contribution in [0.2, 0.25) is 0 Å². The summed E-state index contributed by atoms with van der Waals surface area (Å²) >= 11 is 0. The van der Waals surface area contributed by atoms with Gasteiger partial charge in [0, 0.05) is 26.2 Å². The van der Waals surface area contributed by atoms with E-state index < -0.39 is 5.97 Å². The summed E-state index contributed by atoms with van der Waals surface area (Å²) < 4.78 is 5.10. The van der Waals surface area contributed by atoms with E-state index in [0.717, 1.165) is 32.1 Å². The second kappa shape index (κ2) is 7.45. The summed E-state index contributed by atoms with van der Waals surface area (Å²) in [5.74, 6) is -0.942. The van der Waals surface area contributed by atoms with E-state index in [-0.39, 0.29) is 18.6 Å². The van der Waals surface area contributed by atoms with Gasteiger partial charge in [0.05, 0.1) is 6.61 Å². The van der Waals surface area contributed by atoms with Crippen molar-refractivity contribution in [3.05, 3.63) is 11.6 Å². The van der Waals surface area contributed by atoms with Gasteiger partial charge in [-0.05, 0) is 24.8 Å².